The first kappa shape index (κ1) is 17.5. The third-order valence-electron chi connectivity index (χ3n) is 4.78. The predicted octanol–water partition coefficient (Wildman–Crippen LogP) is 1.86. The Morgan fingerprint density at radius 3 is 2.29 bits per heavy atom. The highest BCUT2D eigenvalue weighted by Crippen LogP contribution is 2.50. The van der Waals surface area contributed by atoms with Crippen molar-refractivity contribution in [2.75, 3.05) is 0 Å². The van der Waals surface area contributed by atoms with Crippen molar-refractivity contribution in [3.05, 3.63) is 27.7 Å². The number of carboxylic acids is 1. The minimum Gasteiger partial charge on any atom is -0.478 e. The predicted molar refractivity (Wildman–Crippen MR) is 86.6 cm³/mol. The molecule has 1 amide bonds. The third kappa shape index (κ3) is 2.32. The van der Waals surface area contributed by atoms with Crippen LogP contribution < -0.4 is 5.73 Å². The maximum Gasteiger partial charge on any atom is 0.337 e. The third-order valence-corrected chi connectivity index (χ3v) is 7.58. The van der Waals surface area contributed by atoms with E-state index in [4.69, 9.17) is 34.0 Å². The van der Waals surface area contributed by atoms with Crippen LogP contribution in [-0.4, -0.2) is 41.3 Å². The molecule has 0 aliphatic carbocycles. The Bertz CT molecular complexity index is 847. The van der Waals surface area contributed by atoms with Gasteiger partial charge < -0.3 is 10.8 Å². The highest BCUT2D eigenvalue weighted by Gasteiger charge is 2.60. The molecule has 0 unspecified atom stereocenters. The van der Waals surface area contributed by atoms with E-state index in [0.29, 0.717) is 25.7 Å². The summed E-state index contributed by atoms with van der Waals surface area (Å²) in [5.41, 5.74) is 3.84. The molecule has 0 saturated carbocycles. The lowest BCUT2D eigenvalue weighted by Crippen LogP contribution is -2.53. The molecule has 0 atom stereocenters. The summed E-state index contributed by atoms with van der Waals surface area (Å²) in [4.78, 5) is 22.8. The zero-order valence-corrected chi connectivity index (χ0v) is 14.7. The fraction of sp³-hybridized carbons (Fsp3) is 0.429. The Labute approximate surface area is 148 Å². The van der Waals surface area contributed by atoms with Crippen molar-refractivity contribution in [3.63, 3.8) is 0 Å². The topological polar surface area (TPSA) is 118 Å². The van der Waals surface area contributed by atoms with E-state index in [0.717, 1.165) is 16.4 Å². The van der Waals surface area contributed by atoms with Crippen molar-refractivity contribution >= 4 is 45.1 Å². The van der Waals surface area contributed by atoms with Gasteiger partial charge in [0, 0.05) is 6.04 Å². The van der Waals surface area contributed by atoms with E-state index in [1.807, 2.05) is 0 Å². The molecule has 10 heteroatoms. The van der Waals surface area contributed by atoms with Gasteiger partial charge in [0.15, 0.2) is 0 Å². The molecule has 2 heterocycles. The zero-order valence-electron chi connectivity index (χ0n) is 12.3. The van der Waals surface area contributed by atoms with Gasteiger partial charge in [-0.25, -0.2) is 13.2 Å². The maximum absolute atomic E-state index is 13.1. The van der Waals surface area contributed by atoms with Crippen LogP contribution in [0, 0.1) is 0 Å². The molecular weight excluding hydrogens is 379 g/mol. The normalized spacial score (nSPS) is 26.7. The summed E-state index contributed by atoms with van der Waals surface area (Å²) in [6.45, 7) is 0. The number of fused-ring (bicyclic) bond motifs is 2. The van der Waals surface area contributed by atoms with Crippen molar-refractivity contribution in [2.24, 2.45) is 5.73 Å². The van der Waals surface area contributed by atoms with Gasteiger partial charge in [0.05, 0.1) is 15.6 Å². The van der Waals surface area contributed by atoms with Gasteiger partial charge in [-0.1, -0.05) is 23.2 Å². The monoisotopic (exact) mass is 392 g/mol. The van der Waals surface area contributed by atoms with Crippen LogP contribution in [0.2, 0.25) is 10.0 Å². The van der Waals surface area contributed by atoms with Gasteiger partial charge in [-0.2, -0.15) is 4.31 Å². The van der Waals surface area contributed by atoms with Gasteiger partial charge >= 0.3 is 5.97 Å². The van der Waals surface area contributed by atoms with Crippen LogP contribution in [-0.2, 0) is 14.8 Å². The van der Waals surface area contributed by atoms with E-state index in [2.05, 4.69) is 0 Å². The summed E-state index contributed by atoms with van der Waals surface area (Å²) >= 11 is 11.8. The van der Waals surface area contributed by atoms with E-state index in [9.17, 15) is 18.0 Å². The standard InChI is InChI=1S/C14H14Cl2N2O5S/c15-9-6-10(16)11(5-8(9)12(19)20)24(22,23)18-7-1-3-14(18,4-2-7)13(17)21/h5-7H,1-4H2,(H2,17,21)(H,19,20). The van der Waals surface area contributed by atoms with Crippen LogP contribution in [0.15, 0.2) is 17.0 Å². The van der Waals surface area contributed by atoms with Gasteiger partial charge in [0.25, 0.3) is 0 Å². The first-order chi connectivity index (χ1) is 11.1. The van der Waals surface area contributed by atoms with Gasteiger partial charge in [0.2, 0.25) is 15.9 Å². The summed E-state index contributed by atoms with van der Waals surface area (Å²) < 4.78 is 27.3. The maximum atomic E-state index is 13.1. The minimum atomic E-state index is -4.20. The number of hydrogen-bond acceptors (Lipinski definition) is 4. The molecule has 0 spiro atoms. The van der Waals surface area contributed by atoms with Crippen LogP contribution in [0.1, 0.15) is 36.0 Å². The number of aromatic carboxylic acids is 1. The number of sulfonamides is 1. The van der Waals surface area contributed by atoms with E-state index < -0.39 is 27.4 Å². The summed E-state index contributed by atoms with van der Waals surface area (Å²) in [6.07, 6.45) is 1.75. The van der Waals surface area contributed by atoms with Crippen molar-refractivity contribution in [2.45, 2.75) is 42.2 Å². The number of nitrogens with two attached hydrogens (primary N) is 1. The van der Waals surface area contributed by atoms with Gasteiger partial charge in [-0.15, -0.1) is 0 Å². The lowest BCUT2D eigenvalue weighted by atomic mass is 9.87. The molecule has 2 saturated heterocycles. The first-order valence-electron chi connectivity index (χ1n) is 7.18. The molecule has 2 aliphatic heterocycles. The number of carbonyl (C=O) groups excluding carboxylic acids is 1. The van der Waals surface area contributed by atoms with Gasteiger partial charge in [-0.05, 0) is 37.8 Å². The van der Waals surface area contributed by atoms with Crippen molar-refractivity contribution in [3.8, 4) is 0 Å². The number of primary amides is 1. The number of carbonyl (C=O) groups is 2. The number of carboxylic acid groups (broad SMARTS) is 1. The molecule has 2 bridgehead atoms. The average Bonchev–Trinajstić information content (AvgIpc) is 3.04. The highest BCUT2D eigenvalue weighted by molar-refractivity contribution is 7.89. The molecule has 0 aromatic heterocycles. The van der Waals surface area contributed by atoms with Gasteiger partial charge in [-0.3, -0.25) is 4.79 Å². The Kier molecular flexibility index (Phi) is 4.07. The molecule has 130 valence electrons. The Balaban J connectivity index is 2.18. The van der Waals surface area contributed by atoms with Crippen LogP contribution in [0.5, 0.6) is 0 Å². The van der Waals surface area contributed by atoms with Crippen LogP contribution in [0.3, 0.4) is 0 Å². The Hall–Kier alpha value is -1.35. The SMILES string of the molecule is NC(=O)C12CCC(CC1)N2S(=O)(=O)c1cc(C(=O)O)c(Cl)cc1Cl. The summed E-state index contributed by atoms with van der Waals surface area (Å²) in [5.74, 6) is -2.07. The molecular formula is C14H14Cl2N2O5S. The van der Waals surface area contributed by atoms with E-state index in [1.165, 1.54) is 0 Å². The largest absolute Gasteiger partial charge is 0.478 e. The van der Waals surface area contributed by atoms with Crippen LogP contribution in [0.4, 0.5) is 0 Å². The summed E-state index contributed by atoms with van der Waals surface area (Å²) in [6, 6.07) is 1.66. The molecule has 3 N–H and O–H groups in total. The zero-order chi connectivity index (χ0) is 17.9. The number of amides is 1. The fourth-order valence-corrected chi connectivity index (χ4v) is 6.54. The number of nitrogens with zero attached hydrogens (tertiary/aromatic N) is 1. The second-order valence-corrected chi connectivity index (χ2v) is 8.59. The minimum absolute atomic E-state index is 0.166. The van der Waals surface area contributed by atoms with Gasteiger partial charge in [0.1, 0.15) is 10.4 Å². The first-order valence-corrected chi connectivity index (χ1v) is 9.37. The molecule has 2 fully saturated rings. The highest BCUT2D eigenvalue weighted by atomic mass is 35.5. The molecule has 24 heavy (non-hydrogen) atoms. The second kappa shape index (κ2) is 5.59. The average molecular weight is 393 g/mol. The summed E-state index contributed by atoms with van der Waals surface area (Å²) in [7, 11) is -4.20. The molecule has 1 aromatic carbocycles. The lowest BCUT2D eigenvalue weighted by Gasteiger charge is -2.31. The second-order valence-electron chi connectivity index (χ2n) is 6.00. The van der Waals surface area contributed by atoms with Crippen molar-refractivity contribution in [1.29, 1.82) is 0 Å². The van der Waals surface area contributed by atoms with E-state index in [1.54, 1.807) is 0 Å². The van der Waals surface area contributed by atoms with E-state index >= 15 is 0 Å². The number of halogens is 2. The molecule has 7 nitrogen and oxygen atoms in total. The van der Waals surface area contributed by atoms with Crippen molar-refractivity contribution in [1.82, 2.24) is 4.31 Å². The molecule has 3 rings (SSSR count). The Morgan fingerprint density at radius 1 is 1.21 bits per heavy atom. The quantitative estimate of drug-likeness (QED) is 0.810. The lowest BCUT2D eigenvalue weighted by molar-refractivity contribution is -0.125. The van der Waals surface area contributed by atoms with E-state index in [-0.39, 0.29) is 26.5 Å². The fourth-order valence-electron chi connectivity index (χ4n) is 3.66. The van der Waals surface area contributed by atoms with Crippen LogP contribution in [0.25, 0.3) is 0 Å². The summed E-state index contributed by atoms with van der Waals surface area (Å²) in [5, 5.41) is 8.79. The number of rotatable bonds is 4. The molecule has 2 aliphatic rings. The van der Waals surface area contributed by atoms with Crippen molar-refractivity contribution < 1.29 is 23.1 Å². The Morgan fingerprint density at radius 2 is 1.79 bits per heavy atom. The molecule has 1 aromatic rings. The number of hydrogen-bond donors (Lipinski definition) is 2. The van der Waals surface area contributed by atoms with Crippen LogP contribution >= 0.6 is 23.2 Å². The molecule has 0 radical (unpaired) electrons. The number of benzene rings is 1. The smallest absolute Gasteiger partial charge is 0.337 e.